The Labute approximate surface area is 159 Å². The Morgan fingerprint density at radius 1 is 1.30 bits per heavy atom. The van der Waals surface area contributed by atoms with Crippen LogP contribution in [0, 0.1) is 5.92 Å². The van der Waals surface area contributed by atoms with Gasteiger partial charge in [-0.2, -0.15) is 13.2 Å². The second-order valence-electron chi connectivity index (χ2n) is 6.79. The number of halogens is 4. The van der Waals surface area contributed by atoms with Crippen molar-refractivity contribution in [3.63, 3.8) is 0 Å². The Balaban J connectivity index is 0.00000210. The molecule has 1 aliphatic carbocycles. The number of hydrogen-bond donors (Lipinski definition) is 2. The molecule has 1 saturated heterocycles. The van der Waals surface area contributed by atoms with Crippen LogP contribution >= 0.6 is 12.4 Å². The smallest absolute Gasteiger partial charge is 0.350 e. The van der Waals surface area contributed by atoms with E-state index >= 15 is 0 Å². The van der Waals surface area contributed by atoms with Crippen molar-refractivity contribution >= 4 is 18.3 Å². The molecule has 2 aromatic rings. The first kappa shape index (κ1) is 19.6. The van der Waals surface area contributed by atoms with Gasteiger partial charge in [-0.1, -0.05) is 11.3 Å². The van der Waals surface area contributed by atoms with Crippen LogP contribution in [0.4, 0.5) is 13.2 Å². The topological polar surface area (TPSA) is 71.8 Å². The third-order valence-corrected chi connectivity index (χ3v) is 4.72. The van der Waals surface area contributed by atoms with Gasteiger partial charge in [0.15, 0.2) is 5.69 Å². The molecule has 2 N–H and O–H groups in total. The zero-order valence-electron chi connectivity index (χ0n) is 14.3. The highest BCUT2D eigenvalue weighted by atomic mass is 35.5. The van der Waals surface area contributed by atoms with E-state index in [4.69, 9.17) is 0 Å². The van der Waals surface area contributed by atoms with E-state index in [1.54, 1.807) is 0 Å². The van der Waals surface area contributed by atoms with Crippen molar-refractivity contribution in [3.05, 3.63) is 41.2 Å². The lowest BCUT2D eigenvalue weighted by Crippen LogP contribution is -2.48. The lowest BCUT2D eigenvalue weighted by Gasteiger charge is -2.26. The van der Waals surface area contributed by atoms with Gasteiger partial charge in [-0.3, -0.25) is 4.79 Å². The van der Waals surface area contributed by atoms with E-state index < -0.39 is 11.7 Å². The van der Waals surface area contributed by atoms with Gasteiger partial charge >= 0.3 is 6.18 Å². The molecule has 1 aliphatic heterocycles. The Hall–Kier alpha value is -2.13. The zero-order chi connectivity index (χ0) is 18.3. The summed E-state index contributed by atoms with van der Waals surface area (Å²) in [5.74, 6) is 0.185. The van der Waals surface area contributed by atoms with Crippen molar-refractivity contribution < 1.29 is 18.0 Å². The zero-order valence-corrected chi connectivity index (χ0v) is 15.1. The number of benzene rings is 1. The highest BCUT2D eigenvalue weighted by molar-refractivity contribution is 5.93. The summed E-state index contributed by atoms with van der Waals surface area (Å²) < 4.78 is 40.3. The maximum atomic E-state index is 13.0. The number of hydrogen-bond acceptors (Lipinski definition) is 4. The molecule has 4 rings (SSSR count). The molecule has 0 bridgehead atoms. The maximum Gasteiger partial charge on any atom is 0.416 e. The number of carbonyl (C=O) groups is 1. The van der Waals surface area contributed by atoms with Crippen LogP contribution in [0.3, 0.4) is 0 Å². The molecule has 2 fully saturated rings. The number of aromatic nitrogens is 3. The second-order valence-corrected chi connectivity index (χ2v) is 6.79. The molecule has 0 spiro atoms. The van der Waals surface area contributed by atoms with Crippen molar-refractivity contribution in [2.45, 2.75) is 24.9 Å². The van der Waals surface area contributed by atoms with Crippen LogP contribution in [0.1, 0.15) is 40.5 Å². The quantitative estimate of drug-likeness (QED) is 0.807. The van der Waals surface area contributed by atoms with Gasteiger partial charge in [-0.15, -0.1) is 17.5 Å². The normalized spacial score (nSPS) is 17.1. The maximum absolute atomic E-state index is 13.0. The molecule has 6 nitrogen and oxygen atoms in total. The Morgan fingerprint density at radius 3 is 2.63 bits per heavy atom. The first-order chi connectivity index (χ1) is 12.4. The Bertz CT molecular complexity index is 830. The van der Waals surface area contributed by atoms with E-state index in [1.165, 1.54) is 16.8 Å². The molecule has 2 heterocycles. The van der Waals surface area contributed by atoms with Crippen LogP contribution in [-0.4, -0.2) is 40.5 Å². The highest BCUT2D eigenvalue weighted by Gasteiger charge is 2.35. The summed E-state index contributed by atoms with van der Waals surface area (Å²) in [6.07, 6.45) is -2.69. The molecule has 1 amide bonds. The molecule has 10 heteroatoms. The monoisotopic (exact) mass is 401 g/mol. The van der Waals surface area contributed by atoms with E-state index in [0.29, 0.717) is 18.2 Å². The second kappa shape index (κ2) is 7.47. The summed E-state index contributed by atoms with van der Waals surface area (Å²) in [5, 5.41) is 13.9. The van der Waals surface area contributed by atoms with E-state index in [-0.39, 0.29) is 35.6 Å². The summed E-state index contributed by atoms with van der Waals surface area (Å²) in [6.45, 7) is 2.28. The molecule has 0 atom stereocenters. The van der Waals surface area contributed by atoms with Gasteiger partial charge in [0.2, 0.25) is 0 Å². The van der Waals surface area contributed by atoms with Gasteiger partial charge in [0, 0.05) is 31.5 Å². The van der Waals surface area contributed by atoms with Crippen LogP contribution in [0.2, 0.25) is 0 Å². The number of rotatable bonds is 5. The molecule has 2 aliphatic rings. The van der Waals surface area contributed by atoms with E-state index in [2.05, 4.69) is 20.9 Å². The van der Waals surface area contributed by atoms with Crippen LogP contribution < -0.4 is 10.6 Å². The molecule has 0 radical (unpaired) electrons. The Morgan fingerprint density at radius 2 is 2.04 bits per heavy atom. The minimum Gasteiger partial charge on any atom is -0.350 e. The third kappa shape index (κ3) is 4.08. The first-order valence-electron chi connectivity index (χ1n) is 8.55. The van der Waals surface area contributed by atoms with E-state index in [9.17, 15) is 18.0 Å². The van der Waals surface area contributed by atoms with Gasteiger partial charge in [-0.05, 0) is 31.0 Å². The molecule has 27 heavy (non-hydrogen) atoms. The molecule has 1 aromatic heterocycles. The molecule has 146 valence electrons. The lowest BCUT2D eigenvalue weighted by molar-refractivity contribution is -0.137. The fraction of sp³-hybridized carbons (Fsp3) is 0.471. The molecule has 1 aromatic carbocycles. The largest absolute Gasteiger partial charge is 0.416 e. The summed E-state index contributed by atoms with van der Waals surface area (Å²) in [7, 11) is 0. The molecule has 0 unspecified atom stereocenters. The van der Waals surface area contributed by atoms with Crippen molar-refractivity contribution in [1.29, 1.82) is 0 Å². The first-order valence-corrected chi connectivity index (χ1v) is 8.55. The molecule has 1 saturated carbocycles. The summed E-state index contributed by atoms with van der Waals surface area (Å²) in [6, 6.07) is 4.91. The Kier molecular flexibility index (Phi) is 5.43. The fourth-order valence-corrected chi connectivity index (χ4v) is 2.99. The molecular formula is C17H19ClF3N5O. The minimum absolute atomic E-state index is 0. The van der Waals surface area contributed by atoms with Gasteiger partial charge in [0.05, 0.1) is 16.9 Å². The van der Waals surface area contributed by atoms with Crippen LogP contribution in [0.25, 0.3) is 5.69 Å². The van der Waals surface area contributed by atoms with E-state index in [0.717, 1.165) is 38.1 Å². The van der Waals surface area contributed by atoms with Crippen LogP contribution in [-0.2, 0) is 6.18 Å². The summed E-state index contributed by atoms with van der Waals surface area (Å²) >= 11 is 0. The number of amides is 1. The number of nitrogens with one attached hydrogen (secondary N) is 2. The average Bonchev–Trinajstić information content (AvgIpc) is 3.30. The number of nitrogens with zero attached hydrogens (tertiary/aromatic N) is 3. The van der Waals surface area contributed by atoms with Gasteiger partial charge in [-0.25, -0.2) is 4.68 Å². The minimum atomic E-state index is -4.44. The van der Waals surface area contributed by atoms with Crippen molar-refractivity contribution in [3.8, 4) is 5.69 Å². The van der Waals surface area contributed by atoms with E-state index in [1.807, 2.05) is 0 Å². The predicted molar refractivity (Wildman–Crippen MR) is 94.3 cm³/mol. The van der Waals surface area contributed by atoms with Crippen molar-refractivity contribution in [2.24, 2.45) is 5.92 Å². The average molecular weight is 402 g/mol. The summed E-state index contributed by atoms with van der Waals surface area (Å²) in [4.78, 5) is 12.5. The van der Waals surface area contributed by atoms with Crippen LogP contribution in [0.15, 0.2) is 24.3 Å². The van der Waals surface area contributed by atoms with Crippen molar-refractivity contribution in [1.82, 2.24) is 25.6 Å². The SMILES string of the molecule is Cl.O=C(NCC1CNC1)c1nnn(-c2cccc(C(F)(F)F)c2)c1C1CC1. The predicted octanol–water partition coefficient (Wildman–Crippen LogP) is 2.53. The standard InChI is InChI=1S/C17H18F3N5O.ClH/c18-17(19,20)12-2-1-3-13(6-12)25-15(11-4-5-11)14(23-24-25)16(26)22-9-10-7-21-8-10;/h1-3,6,10-11,21H,4-5,7-9H2,(H,22,26);1H. The highest BCUT2D eigenvalue weighted by Crippen LogP contribution is 2.42. The number of carbonyl (C=O) groups excluding carboxylic acids is 1. The fourth-order valence-electron chi connectivity index (χ4n) is 2.99. The number of alkyl halides is 3. The van der Waals surface area contributed by atoms with Crippen LogP contribution in [0.5, 0.6) is 0 Å². The van der Waals surface area contributed by atoms with Gasteiger partial charge < -0.3 is 10.6 Å². The van der Waals surface area contributed by atoms with Gasteiger partial charge in [0.25, 0.3) is 5.91 Å². The summed E-state index contributed by atoms with van der Waals surface area (Å²) in [5.41, 5.74) is 0.304. The third-order valence-electron chi connectivity index (χ3n) is 4.72. The van der Waals surface area contributed by atoms with Crippen molar-refractivity contribution in [2.75, 3.05) is 19.6 Å². The molecular weight excluding hydrogens is 383 g/mol. The lowest BCUT2D eigenvalue weighted by atomic mass is 10.0. The van der Waals surface area contributed by atoms with Gasteiger partial charge in [0.1, 0.15) is 0 Å².